The first-order chi connectivity index (χ1) is 6.60. The number of carboxylic acids is 1. The number of aromatic hydroxyl groups is 1. The minimum Gasteiger partial charge on any atom is -0.504 e. The Balaban J connectivity index is 0.000000171. The molecule has 0 spiro atoms. The van der Waals surface area contributed by atoms with E-state index in [2.05, 4.69) is 0 Å². The maximum absolute atomic E-state index is 9.13. The number of carbonyl (C=O) groups excluding carboxylic acids is 1. The van der Waals surface area contributed by atoms with E-state index in [1.54, 1.807) is 7.11 Å². The van der Waals surface area contributed by atoms with Gasteiger partial charge in [-0.1, -0.05) is 0 Å². The summed E-state index contributed by atoms with van der Waals surface area (Å²) < 4.78 is 4.84. The van der Waals surface area contributed by atoms with Crippen LogP contribution >= 0.6 is 0 Å². The molecule has 0 aromatic heterocycles. The molecule has 74 valence electrons. The first-order valence-corrected chi connectivity index (χ1v) is 3.69. The van der Waals surface area contributed by atoms with Crippen LogP contribution in [0.15, 0.2) is 12.1 Å². The maximum Gasteiger partial charge on any atom is 0.368 e. The van der Waals surface area contributed by atoms with Gasteiger partial charge in [-0.15, -0.1) is 0 Å². The molecule has 5 heteroatoms. The van der Waals surface area contributed by atoms with Gasteiger partial charge < -0.3 is 14.9 Å². The van der Waals surface area contributed by atoms with E-state index in [4.69, 9.17) is 24.5 Å². The third-order valence-electron chi connectivity index (χ3n) is 1.62. The lowest BCUT2D eigenvalue weighted by molar-refractivity contribution is -0.143. The van der Waals surface area contributed by atoms with Gasteiger partial charge >= 0.3 is 5.97 Å². The zero-order valence-electron chi connectivity index (χ0n) is 7.35. The van der Waals surface area contributed by atoms with Gasteiger partial charge in [0, 0.05) is 5.56 Å². The molecular formula is C9H8O5. The molecule has 0 atom stereocenters. The van der Waals surface area contributed by atoms with Crippen molar-refractivity contribution in [2.75, 3.05) is 7.11 Å². The van der Waals surface area contributed by atoms with Crippen LogP contribution in [0.2, 0.25) is 0 Å². The van der Waals surface area contributed by atoms with Gasteiger partial charge in [0.05, 0.1) is 7.11 Å². The molecule has 0 aromatic rings. The van der Waals surface area contributed by atoms with E-state index in [1.807, 2.05) is 12.1 Å². The minimum atomic E-state index is -1.43. The van der Waals surface area contributed by atoms with Crippen molar-refractivity contribution in [3.8, 4) is 22.6 Å². The van der Waals surface area contributed by atoms with Crippen LogP contribution in [0.1, 0.15) is 0 Å². The van der Waals surface area contributed by atoms with Gasteiger partial charge in [-0.3, -0.25) is 4.79 Å². The Kier molecular flexibility index (Phi) is 2.71. The zero-order chi connectivity index (χ0) is 10.7. The molecule has 2 aliphatic rings. The Morgan fingerprint density at radius 2 is 2.07 bits per heavy atom. The number of aliphatic carboxylic acids is 1. The summed E-state index contributed by atoms with van der Waals surface area (Å²) in [5.74, 6) is -0.556. The molecular weight excluding hydrogens is 188 g/mol. The fraction of sp³-hybridized carbons (Fsp3) is 0.111. The van der Waals surface area contributed by atoms with Gasteiger partial charge in [0.15, 0.2) is 11.5 Å². The summed E-state index contributed by atoms with van der Waals surface area (Å²) in [4.78, 5) is 17.9. The van der Waals surface area contributed by atoms with Gasteiger partial charge in [0.25, 0.3) is 0 Å². The van der Waals surface area contributed by atoms with E-state index in [9.17, 15) is 0 Å². The highest BCUT2D eigenvalue weighted by Gasteiger charge is 2.22. The van der Waals surface area contributed by atoms with Crippen molar-refractivity contribution < 1.29 is 24.5 Å². The average Bonchev–Trinajstić information content (AvgIpc) is 2.87. The van der Waals surface area contributed by atoms with Crippen molar-refractivity contribution in [1.82, 2.24) is 0 Å². The van der Waals surface area contributed by atoms with E-state index >= 15 is 0 Å². The summed E-state index contributed by atoms with van der Waals surface area (Å²) in [6.07, 6.45) is -0.167. The average molecular weight is 196 g/mol. The van der Waals surface area contributed by atoms with Gasteiger partial charge in [-0.25, -0.2) is 4.79 Å². The number of fused-ring (bicyclic) bond motifs is 1. The van der Waals surface area contributed by atoms with Crippen molar-refractivity contribution in [3.63, 3.8) is 0 Å². The molecule has 0 aliphatic heterocycles. The number of hydrogen-bond acceptors (Lipinski definition) is 4. The third-order valence-corrected chi connectivity index (χ3v) is 1.62. The molecule has 2 rings (SSSR count). The second-order valence-electron chi connectivity index (χ2n) is 2.53. The van der Waals surface area contributed by atoms with E-state index in [0.717, 1.165) is 11.1 Å². The van der Waals surface area contributed by atoms with Crippen LogP contribution in [0.3, 0.4) is 0 Å². The Morgan fingerprint density at radius 3 is 2.29 bits per heavy atom. The summed E-state index contributed by atoms with van der Waals surface area (Å²) in [6, 6.07) is 3.74. The fourth-order valence-corrected chi connectivity index (χ4v) is 0.942. The van der Waals surface area contributed by atoms with E-state index in [0.29, 0.717) is 5.75 Å². The number of phenols is 1. The Hall–Kier alpha value is -2.04. The van der Waals surface area contributed by atoms with Crippen LogP contribution in [0.4, 0.5) is 0 Å². The first kappa shape index (κ1) is 10.0. The number of rotatable bonds is 2. The van der Waals surface area contributed by atoms with Crippen LogP contribution in [0, 0.1) is 0 Å². The summed E-state index contributed by atoms with van der Waals surface area (Å²) >= 11 is 0. The molecule has 0 aromatic carbocycles. The maximum atomic E-state index is 9.13. The predicted octanol–water partition coefficient (Wildman–Crippen LogP) is 0.651. The molecule has 14 heavy (non-hydrogen) atoms. The molecule has 2 aliphatic carbocycles. The number of aldehydes is 1. The summed E-state index contributed by atoms with van der Waals surface area (Å²) in [7, 11) is 1.55. The number of ether oxygens (including phenoxy) is 1. The number of benzene rings is 1. The molecule has 0 unspecified atom stereocenters. The lowest BCUT2D eigenvalue weighted by Crippen LogP contribution is -1.91. The monoisotopic (exact) mass is 196 g/mol. The van der Waals surface area contributed by atoms with E-state index < -0.39 is 5.97 Å². The quantitative estimate of drug-likeness (QED) is 0.544. The highest BCUT2D eigenvalue weighted by atomic mass is 16.5. The van der Waals surface area contributed by atoms with Crippen LogP contribution < -0.4 is 4.74 Å². The summed E-state index contributed by atoms with van der Waals surface area (Å²) in [6.45, 7) is 0. The number of methoxy groups -OCH3 is 1. The molecule has 0 saturated heterocycles. The molecule has 0 radical (unpaired) electrons. The normalized spacial score (nSPS) is 9.50. The largest absolute Gasteiger partial charge is 0.504 e. The van der Waals surface area contributed by atoms with Crippen LogP contribution in [-0.4, -0.2) is 29.6 Å². The predicted molar refractivity (Wildman–Crippen MR) is 47.4 cm³/mol. The van der Waals surface area contributed by atoms with Crippen LogP contribution in [0.25, 0.3) is 11.1 Å². The molecule has 0 fully saturated rings. The lowest BCUT2D eigenvalue weighted by atomic mass is 10.5. The minimum absolute atomic E-state index is 0.167. The molecule has 0 heterocycles. The van der Waals surface area contributed by atoms with Crippen LogP contribution in [-0.2, 0) is 9.59 Å². The number of carbonyl (C=O) groups is 2. The highest BCUT2D eigenvalue weighted by molar-refractivity contribution is 6.19. The van der Waals surface area contributed by atoms with Crippen LogP contribution in [0.5, 0.6) is 11.5 Å². The Labute approximate surface area is 79.6 Å². The third kappa shape index (κ3) is 2.01. The Morgan fingerprint density at radius 1 is 1.50 bits per heavy atom. The molecule has 0 bridgehead atoms. The standard InChI is InChI=1S/C7H6O2.C2H2O3/c1-9-6-3-4-2-5(4)7(6)8;3-1-2(4)5/h2-3,8H,1H3;1H,(H,4,5). The van der Waals surface area contributed by atoms with Gasteiger partial charge in [-0.2, -0.15) is 0 Å². The second kappa shape index (κ2) is 3.78. The van der Waals surface area contributed by atoms with Crippen molar-refractivity contribution in [2.45, 2.75) is 0 Å². The first-order valence-electron chi connectivity index (χ1n) is 3.69. The highest BCUT2D eigenvalue weighted by Crippen LogP contribution is 2.50. The topological polar surface area (TPSA) is 83.8 Å². The van der Waals surface area contributed by atoms with E-state index in [-0.39, 0.29) is 12.0 Å². The number of carboxylic acid groups (broad SMARTS) is 1. The molecule has 2 N–H and O–H groups in total. The van der Waals surface area contributed by atoms with Crippen molar-refractivity contribution in [2.24, 2.45) is 0 Å². The van der Waals surface area contributed by atoms with E-state index in [1.165, 1.54) is 0 Å². The second-order valence-corrected chi connectivity index (χ2v) is 2.53. The van der Waals surface area contributed by atoms with Gasteiger partial charge in [0.2, 0.25) is 6.29 Å². The fourth-order valence-electron chi connectivity index (χ4n) is 0.942. The summed E-state index contributed by atoms with van der Waals surface area (Å²) in [5, 5.41) is 16.5. The zero-order valence-corrected chi connectivity index (χ0v) is 7.35. The molecule has 5 nitrogen and oxygen atoms in total. The number of phenolic OH excluding ortho intramolecular Hbond substituents is 1. The SMILES string of the molecule is COc1cc2cc-2c1O.O=CC(=O)O. The molecule has 0 amide bonds. The van der Waals surface area contributed by atoms with Gasteiger partial charge in [-0.05, 0) is 17.7 Å². The van der Waals surface area contributed by atoms with Gasteiger partial charge in [0.1, 0.15) is 0 Å². The lowest BCUT2D eigenvalue weighted by Gasteiger charge is -1.93. The smallest absolute Gasteiger partial charge is 0.368 e. The van der Waals surface area contributed by atoms with Crippen molar-refractivity contribution >= 4 is 12.3 Å². The number of hydrogen-bond donors (Lipinski definition) is 2. The van der Waals surface area contributed by atoms with Crippen molar-refractivity contribution in [1.29, 1.82) is 0 Å². The van der Waals surface area contributed by atoms with Crippen molar-refractivity contribution in [3.05, 3.63) is 12.1 Å². The summed E-state index contributed by atoms with van der Waals surface area (Å²) in [5.41, 5.74) is 2.04. The molecule has 0 saturated carbocycles. The Bertz CT molecular complexity index is 383.